The maximum Gasteiger partial charge on any atom is 0.130 e. The van der Waals surface area contributed by atoms with Crippen molar-refractivity contribution < 1.29 is 4.74 Å². The molecule has 0 amide bonds. The van der Waals surface area contributed by atoms with Crippen LogP contribution < -0.4 is 10.1 Å². The molecule has 0 bridgehead atoms. The smallest absolute Gasteiger partial charge is 0.130 e. The number of hydrogen-bond donors (Lipinski definition) is 1. The normalized spacial score (nSPS) is 17.7. The van der Waals surface area contributed by atoms with Crippen LogP contribution >= 0.6 is 11.6 Å². The Balaban J connectivity index is 2.08. The van der Waals surface area contributed by atoms with Crippen molar-refractivity contribution in [3.05, 3.63) is 58.6 Å². The molecule has 98 valence electrons. The molecule has 0 aliphatic carbocycles. The average molecular weight is 274 g/mol. The first-order valence-electron chi connectivity index (χ1n) is 6.47. The van der Waals surface area contributed by atoms with Crippen LogP contribution in [0.4, 0.5) is 0 Å². The summed E-state index contributed by atoms with van der Waals surface area (Å²) in [6, 6.07) is 14.4. The van der Waals surface area contributed by atoms with Crippen LogP contribution in [0.15, 0.2) is 42.5 Å². The van der Waals surface area contributed by atoms with Gasteiger partial charge < -0.3 is 10.1 Å². The van der Waals surface area contributed by atoms with Crippen LogP contribution in [-0.2, 0) is 12.8 Å². The minimum atomic E-state index is 0.391. The van der Waals surface area contributed by atoms with Gasteiger partial charge in [0.1, 0.15) is 11.5 Å². The number of benzene rings is 2. The van der Waals surface area contributed by atoms with Gasteiger partial charge in [-0.2, -0.15) is 0 Å². The van der Waals surface area contributed by atoms with E-state index in [2.05, 4.69) is 17.4 Å². The van der Waals surface area contributed by atoms with E-state index in [1.807, 2.05) is 37.4 Å². The van der Waals surface area contributed by atoms with Gasteiger partial charge >= 0.3 is 0 Å². The van der Waals surface area contributed by atoms with E-state index < -0.39 is 0 Å². The van der Waals surface area contributed by atoms with Gasteiger partial charge in [0, 0.05) is 11.1 Å². The van der Waals surface area contributed by atoms with Crippen molar-refractivity contribution in [2.75, 3.05) is 7.05 Å². The Kier molecular flexibility index (Phi) is 3.45. The lowest BCUT2D eigenvalue weighted by atomic mass is 9.96. The summed E-state index contributed by atoms with van der Waals surface area (Å²) < 4.78 is 6.04. The van der Waals surface area contributed by atoms with E-state index in [-0.39, 0.29) is 0 Å². The lowest BCUT2D eigenvalue weighted by Crippen LogP contribution is -2.31. The van der Waals surface area contributed by atoms with Gasteiger partial charge in [-0.15, -0.1) is 0 Å². The second-order valence-corrected chi connectivity index (χ2v) is 5.29. The minimum Gasteiger partial charge on any atom is -0.457 e. The first-order valence-corrected chi connectivity index (χ1v) is 6.85. The molecule has 0 fully saturated rings. The first-order chi connectivity index (χ1) is 9.26. The zero-order valence-corrected chi connectivity index (χ0v) is 11.6. The maximum absolute atomic E-state index is 6.09. The second kappa shape index (κ2) is 5.24. The van der Waals surface area contributed by atoms with E-state index in [4.69, 9.17) is 16.3 Å². The molecule has 2 aromatic rings. The highest BCUT2D eigenvalue weighted by atomic mass is 35.5. The monoisotopic (exact) mass is 273 g/mol. The standard InChI is InChI=1S/C16H16ClNO/c1-18-14-9-11-4-2-3-5-15(11)19-16-7-6-13(17)8-12(16)10-14/h2-8,14,18H,9-10H2,1H3. The Morgan fingerprint density at radius 2 is 1.79 bits per heavy atom. The van der Waals surface area contributed by atoms with Crippen LogP contribution in [0.2, 0.25) is 5.02 Å². The molecule has 3 heteroatoms. The van der Waals surface area contributed by atoms with Gasteiger partial charge in [-0.05, 0) is 55.3 Å². The molecule has 19 heavy (non-hydrogen) atoms. The molecule has 1 atom stereocenters. The molecule has 0 saturated carbocycles. The fourth-order valence-electron chi connectivity index (χ4n) is 2.50. The molecule has 1 unspecified atom stereocenters. The van der Waals surface area contributed by atoms with Gasteiger partial charge in [-0.3, -0.25) is 0 Å². The van der Waals surface area contributed by atoms with E-state index in [0.717, 1.165) is 34.9 Å². The summed E-state index contributed by atoms with van der Waals surface area (Å²) in [5, 5.41) is 4.13. The Bertz CT molecular complexity index is 597. The first kappa shape index (κ1) is 12.5. The molecule has 0 radical (unpaired) electrons. The van der Waals surface area contributed by atoms with Crippen LogP contribution in [0.25, 0.3) is 0 Å². The zero-order valence-electron chi connectivity index (χ0n) is 10.8. The fraction of sp³-hybridized carbons (Fsp3) is 0.250. The number of ether oxygens (including phenoxy) is 1. The lowest BCUT2D eigenvalue weighted by Gasteiger charge is -2.24. The van der Waals surface area contributed by atoms with Gasteiger partial charge in [-0.25, -0.2) is 0 Å². The number of fused-ring (bicyclic) bond motifs is 2. The zero-order chi connectivity index (χ0) is 13.2. The second-order valence-electron chi connectivity index (χ2n) is 4.86. The highest BCUT2D eigenvalue weighted by Crippen LogP contribution is 2.33. The average Bonchev–Trinajstić information content (AvgIpc) is 2.40. The van der Waals surface area contributed by atoms with E-state index >= 15 is 0 Å². The van der Waals surface area contributed by atoms with Crippen molar-refractivity contribution in [3.63, 3.8) is 0 Å². The molecule has 0 spiro atoms. The number of likely N-dealkylation sites (N-methyl/N-ethyl adjacent to an activating group) is 1. The molecule has 0 aromatic heterocycles. The third-order valence-corrected chi connectivity index (χ3v) is 3.79. The summed E-state index contributed by atoms with van der Waals surface area (Å²) in [4.78, 5) is 0. The van der Waals surface area contributed by atoms with Crippen molar-refractivity contribution in [1.29, 1.82) is 0 Å². The van der Waals surface area contributed by atoms with Crippen LogP contribution in [0.5, 0.6) is 11.5 Å². The molecule has 2 aromatic carbocycles. The number of rotatable bonds is 1. The van der Waals surface area contributed by atoms with E-state index in [9.17, 15) is 0 Å². The largest absolute Gasteiger partial charge is 0.457 e. The fourth-order valence-corrected chi connectivity index (χ4v) is 2.70. The Hall–Kier alpha value is -1.51. The summed E-state index contributed by atoms with van der Waals surface area (Å²) in [6.07, 6.45) is 1.87. The van der Waals surface area contributed by atoms with Crippen LogP contribution in [0.3, 0.4) is 0 Å². The van der Waals surface area contributed by atoms with Crippen LogP contribution in [0, 0.1) is 0 Å². The van der Waals surface area contributed by atoms with E-state index in [1.165, 1.54) is 5.56 Å². The third-order valence-electron chi connectivity index (χ3n) is 3.56. The van der Waals surface area contributed by atoms with E-state index in [0.29, 0.717) is 6.04 Å². The summed E-state index contributed by atoms with van der Waals surface area (Å²) in [5.41, 5.74) is 2.39. The Morgan fingerprint density at radius 3 is 2.63 bits per heavy atom. The minimum absolute atomic E-state index is 0.391. The van der Waals surface area contributed by atoms with Gasteiger partial charge in [0.2, 0.25) is 0 Å². The molecule has 1 N–H and O–H groups in total. The van der Waals surface area contributed by atoms with Crippen LogP contribution in [-0.4, -0.2) is 13.1 Å². The Labute approximate surface area is 118 Å². The number of hydrogen-bond acceptors (Lipinski definition) is 2. The van der Waals surface area contributed by atoms with Crippen molar-refractivity contribution in [3.8, 4) is 11.5 Å². The molecule has 1 aliphatic rings. The molecule has 1 heterocycles. The van der Waals surface area contributed by atoms with E-state index in [1.54, 1.807) is 0 Å². The highest BCUT2D eigenvalue weighted by Gasteiger charge is 2.18. The quantitative estimate of drug-likeness (QED) is 0.853. The number of halogens is 1. The van der Waals surface area contributed by atoms with Gasteiger partial charge in [0.25, 0.3) is 0 Å². The maximum atomic E-state index is 6.09. The Morgan fingerprint density at radius 1 is 1.05 bits per heavy atom. The summed E-state index contributed by atoms with van der Waals surface area (Å²) in [6.45, 7) is 0. The molecule has 0 saturated heterocycles. The van der Waals surface area contributed by atoms with Crippen molar-refractivity contribution in [2.45, 2.75) is 18.9 Å². The molecular weight excluding hydrogens is 258 g/mol. The van der Waals surface area contributed by atoms with Crippen molar-refractivity contribution >= 4 is 11.6 Å². The predicted molar refractivity (Wildman–Crippen MR) is 78.2 cm³/mol. The number of para-hydroxylation sites is 1. The third kappa shape index (κ3) is 2.60. The van der Waals surface area contributed by atoms with Gasteiger partial charge in [-0.1, -0.05) is 29.8 Å². The number of nitrogens with one attached hydrogen (secondary N) is 1. The lowest BCUT2D eigenvalue weighted by molar-refractivity contribution is 0.441. The van der Waals surface area contributed by atoms with Crippen molar-refractivity contribution in [2.24, 2.45) is 0 Å². The summed E-state index contributed by atoms with van der Waals surface area (Å²) in [7, 11) is 2.00. The molecule has 2 nitrogen and oxygen atoms in total. The molecule has 3 rings (SSSR count). The predicted octanol–water partition coefficient (Wildman–Crippen LogP) is 3.82. The summed E-state index contributed by atoms with van der Waals surface area (Å²) >= 11 is 6.09. The SMILES string of the molecule is CNC1Cc2ccccc2Oc2ccc(Cl)cc2C1. The molecular formula is C16H16ClNO. The van der Waals surface area contributed by atoms with Crippen LogP contribution in [0.1, 0.15) is 11.1 Å². The molecule has 1 aliphatic heterocycles. The van der Waals surface area contributed by atoms with Gasteiger partial charge in [0.15, 0.2) is 0 Å². The summed E-state index contributed by atoms with van der Waals surface area (Å²) in [5.74, 6) is 1.84. The topological polar surface area (TPSA) is 21.3 Å². The highest BCUT2D eigenvalue weighted by molar-refractivity contribution is 6.30. The van der Waals surface area contributed by atoms with Crippen molar-refractivity contribution in [1.82, 2.24) is 5.32 Å². The van der Waals surface area contributed by atoms with Gasteiger partial charge in [0.05, 0.1) is 0 Å².